The predicted molar refractivity (Wildman–Crippen MR) is 90.1 cm³/mol. The van der Waals surface area contributed by atoms with Crippen molar-refractivity contribution in [2.24, 2.45) is 0 Å². The van der Waals surface area contributed by atoms with E-state index in [1.54, 1.807) is 0 Å². The van der Waals surface area contributed by atoms with Gasteiger partial charge < -0.3 is 10.6 Å². The summed E-state index contributed by atoms with van der Waals surface area (Å²) in [6.07, 6.45) is 0. The van der Waals surface area contributed by atoms with E-state index in [0.29, 0.717) is 5.11 Å². The second-order valence-corrected chi connectivity index (χ2v) is 5.45. The summed E-state index contributed by atoms with van der Waals surface area (Å²) in [4.78, 5) is 0. The summed E-state index contributed by atoms with van der Waals surface area (Å²) in [6, 6.07) is 16.7. The van der Waals surface area contributed by atoms with E-state index in [1.165, 1.54) is 16.7 Å². The molecular formula is C17H20N2S. The van der Waals surface area contributed by atoms with Gasteiger partial charge in [-0.2, -0.15) is 0 Å². The van der Waals surface area contributed by atoms with Crippen LogP contribution in [-0.2, 0) is 0 Å². The molecule has 0 saturated heterocycles. The van der Waals surface area contributed by atoms with Crippen LogP contribution in [0.5, 0.6) is 0 Å². The van der Waals surface area contributed by atoms with Crippen molar-refractivity contribution in [3.05, 3.63) is 65.2 Å². The number of aryl methyl sites for hydroxylation is 2. The molecule has 0 spiro atoms. The van der Waals surface area contributed by atoms with Crippen molar-refractivity contribution in [1.82, 2.24) is 5.32 Å². The molecule has 2 aromatic rings. The summed E-state index contributed by atoms with van der Waals surface area (Å²) < 4.78 is 0. The monoisotopic (exact) mass is 284 g/mol. The van der Waals surface area contributed by atoms with Gasteiger partial charge in [-0.05, 0) is 61.8 Å². The van der Waals surface area contributed by atoms with Crippen molar-refractivity contribution >= 4 is 23.0 Å². The van der Waals surface area contributed by atoms with Crippen LogP contribution in [0.15, 0.2) is 48.5 Å². The average molecular weight is 284 g/mol. The smallest absolute Gasteiger partial charge is 0.171 e. The van der Waals surface area contributed by atoms with Gasteiger partial charge in [0.2, 0.25) is 0 Å². The van der Waals surface area contributed by atoms with Crippen molar-refractivity contribution < 1.29 is 0 Å². The molecule has 0 amide bonds. The highest BCUT2D eigenvalue weighted by atomic mass is 32.1. The normalized spacial score (nSPS) is 11.8. The largest absolute Gasteiger partial charge is 0.356 e. The van der Waals surface area contributed by atoms with E-state index in [-0.39, 0.29) is 6.04 Å². The molecule has 0 bridgehead atoms. The van der Waals surface area contributed by atoms with Gasteiger partial charge in [0.1, 0.15) is 0 Å². The van der Waals surface area contributed by atoms with E-state index in [9.17, 15) is 0 Å². The lowest BCUT2D eigenvalue weighted by atomic mass is 10.0. The molecule has 0 radical (unpaired) electrons. The molecule has 0 aliphatic carbocycles. The number of nitrogens with one attached hydrogen (secondary N) is 2. The molecule has 0 aromatic heterocycles. The lowest BCUT2D eigenvalue weighted by Gasteiger charge is -2.19. The maximum absolute atomic E-state index is 5.38. The number of thiocarbonyl (C=S) groups is 1. The van der Waals surface area contributed by atoms with E-state index in [4.69, 9.17) is 12.2 Å². The van der Waals surface area contributed by atoms with E-state index in [2.05, 4.69) is 67.8 Å². The first kappa shape index (κ1) is 14.5. The van der Waals surface area contributed by atoms with E-state index in [0.717, 1.165) is 5.69 Å². The van der Waals surface area contributed by atoms with E-state index in [1.807, 2.05) is 12.1 Å². The van der Waals surface area contributed by atoms with E-state index >= 15 is 0 Å². The summed E-state index contributed by atoms with van der Waals surface area (Å²) in [5, 5.41) is 7.19. The van der Waals surface area contributed by atoms with Crippen LogP contribution in [0.2, 0.25) is 0 Å². The van der Waals surface area contributed by atoms with Gasteiger partial charge in [0.15, 0.2) is 5.11 Å². The minimum atomic E-state index is 0.181. The Balaban J connectivity index is 2.00. The van der Waals surface area contributed by atoms with Crippen LogP contribution in [0.4, 0.5) is 5.69 Å². The van der Waals surface area contributed by atoms with Crippen LogP contribution in [0.25, 0.3) is 0 Å². The van der Waals surface area contributed by atoms with Gasteiger partial charge in [-0.15, -0.1) is 0 Å². The van der Waals surface area contributed by atoms with E-state index < -0.39 is 0 Å². The quantitative estimate of drug-likeness (QED) is 0.819. The van der Waals surface area contributed by atoms with Crippen molar-refractivity contribution in [2.45, 2.75) is 26.8 Å². The summed E-state index contributed by atoms with van der Waals surface area (Å²) in [5.41, 5.74) is 4.76. The van der Waals surface area contributed by atoms with Crippen LogP contribution in [0.3, 0.4) is 0 Å². The SMILES string of the molecule is Cc1cccc(NC(=S)NC(C)c2ccccc2C)c1. The van der Waals surface area contributed by atoms with Crippen molar-refractivity contribution in [1.29, 1.82) is 0 Å². The molecular weight excluding hydrogens is 264 g/mol. The minimum Gasteiger partial charge on any atom is -0.356 e. The molecule has 2 aromatic carbocycles. The highest BCUT2D eigenvalue weighted by Gasteiger charge is 2.09. The molecule has 3 heteroatoms. The van der Waals surface area contributed by atoms with Gasteiger partial charge in [-0.3, -0.25) is 0 Å². The summed E-state index contributed by atoms with van der Waals surface area (Å²) in [6.45, 7) is 6.30. The Labute approximate surface area is 126 Å². The Morgan fingerprint density at radius 2 is 1.80 bits per heavy atom. The third-order valence-corrected chi connectivity index (χ3v) is 3.50. The second-order valence-electron chi connectivity index (χ2n) is 5.05. The molecule has 0 aliphatic heterocycles. The van der Waals surface area contributed by atoms with Gasteiger partial charge in [0.25, 0.3) is 0 Å². The zero-order chi connectivity index (χ0) is 14.5. The zero-order valence-corrected chi connectivity index (χ0v) is 12.9. The molecule has 2 nitrogen and oxygen atoms in total. The maximum atomic E-state index is 5.38. The van der Waals surface area contributed by atoms with Crippen LogP contribution >= 0.6 is 12.2 Å². The van der Waals surface area contributed by atoms with Crippen LogP contribution in [0, 0.1) is 13.8 Å². The summed E-state index contributed by atoms with van der Waals surface area (Å²) >= 11 is 5.38. The first-order valence-electron chi connectivity index (χ1n) is 6.76. The maximum Gasteiger partial charge on any atom is 0.171 e. The molecule has 20 heavy (non-hydrogen) atoms. The molecule has 0 aliphatic rings. The molecule has 1 unspecified atom stereocenters. The number of benzene rings is 2. The first-order valence-corrected chi connectivity index (χ1v) is 7.17. The van der Waals surface area contributed by atoms with Crippen LogP contribution < -0.4 is 10.6 Å². The Morgan fingerprint density at radius 1 is 1.05 bits per heavy atom. The molecule has 0 fully saturated rings. The van der Waals surface area contributed by atoms with Crippen molar-refractivity contribution in [2.75, 3.05) is 5.32 Å². The standard InChI is InChI=1S/C17H20N2S/c1-12-7-6-9-15(11-12)19-17(20)18-14(3)16-10-5-4-8-13(16)2/h4-11,14H,1-3H3,(H2,18,19,20). The third-order valence-electron chi connectivity index (χ3n) is 3.28. The molecule has 2 rings (SSSR count). The second kappa shape index (κ2) is 6.53. The van der Waals surface area contributed by atoms with Gasteiger partial charge in [-0.25, -0.2) is 0 Å². The van der Waals surface area contributed by atoms with Gasteiger partial charge in [-0.1, -0.05) is 36.4 Å². The topological polar surface area (TPSA) is 24.1 Å². The van der Waals surface area contributed by atoms with Gasteiger partial charge in [0.05, 0.1) is 6.04 Å². The first-order chi connectivity index (χ1) is 9.56. The number of hydrogen-bond donors (Lipinski definition) is 2. The van der Waals surface area contributed by atoms with Gasteiger partial charge in [0, 0.05) is 5.69 Å². The van der Waals surface area contributed by atoms with Crippen molar-refractivity contribution in [3.8, 4) is 0 Å². The Hall–Kier alpha value is -1.87. The minimum absolute atomic E-state index is 0.181. The fourth-order valence-electron chi connectivity index (χ4n) is 2.24. The molecule has 104 valence electrons. The molecule has 0 saturated carbocycles. The number of hydrogen-bond acceptors (Lipinski definition) is 1. The molecule has 1 atom stereocenters. The van der Waals surface area contributed by atoms with Crippen molar-refractivity contribution in [3.63, 3.8) is 0 Å². The van der Waals surface area contributed by atoms with Gasteiger partial charge >= 0.3 is 0 Å². The average Bonchev–Trinajstić information content (AvgIpc) is 2.38. The number of anilines is 1. The Bertz CT molecular complexity index is 607. The molecule has 2 N–H and O–H groups in total. The van der Waals surface area contributed by atoms with Crippen LogP contribution in [0.1, 0.15) is 29.7 Å². The summed E-state index contributed by atoms with van der Waals surface area (Å²) in [7, 11) is 0. The Morgan fingerprint density at radius 3 is 2.50 bits per heavy atom. The fourth-order valence-corrected chi connectivity index (χ4v) is 2.53. The lowest BCUT2D eigenvalue weighted by molar-refractivity contribution is 0.717. The third kappa shape index (κ3) is 3.81. The lowest BCUT2D eigenvalue weighted by Crippen LogP contribution is -2.31. The number of rotatable bonds is 3. The summed E-state index contributed by atoms with van der Waals surface area (Å²) in [5.74, 6) is 0. The predicted octanol–water partition coefficient (Wildman–Crippen LogP) is 4.35. The Kier molecular flexibility index (Phi) is 4.74. The zero-order valence-electron chi connectivity index (χ0n) is 12.1. The fraction of sp³-hybridized carbons (Fsp3) is 0.235. The molecule has 0 heterocycles. The highest BCUT2D eigenvalue weighted by Crippen LogP contribution is 2.17. The van der Waals surface area contributed by atoms with Crippen LogP contribution in [-0.4, -0.2) is 5.11 Å². The highest BCUT2D eigenvalue weighted by molar-refractivity contribution is 7.80.